The number of anilines is 1. The summed E-state index contributed by atoms with van der Waals surface area (Å²) in [5, 5.41) is 7.94. The average molecular weight is 362 g/mol. The van der Waals surface area contributed by atoms with Gasteiger partial charge in [0.2, 0.25) is 5.91 Å². The van der Waals surface area contributed by atoms with Crippen LogP contribution in [0.5, 0.6) is 0 Å². The fourth-order valence-electron chi connectivity index (χ4n) is 1.86. The van der Waals surface area contributed by atoms with Crippen molar-refractivity contribution in [3.8, 4) is 0 Å². The van der Waals surface area contributed by atoms with Gasteiger partial charge in [-0.05, 0) is 24.6 Å². The van der Waals surface area contributed by atoms with Gasteiger partial charge in [0.05, 0.1) is 11.5 Å². The van der Waals surface area contributed by atoms with Gasteiger partial charge in [0, 0.05) is 19.8 Å². The van der Waals surface area contributed by atoms with E-state index in [1.54, 1.807) is 31.2 Å². The molecular weight excluding hydrogens is 344 g/mol. The lowest BCUT2D eigenvalue weighted by atomic mass is 10.1. The molecule has 1 aromatic heterocycles. The minimum atomic E-state index is -0.539. The van der Waals surface area contributed by atoms with Gasteiger partial charge >= 0.3 is 5.69 Å². The SMILES string of the molecule is C/C(=N/NC(=O)CSc1nn(C)c(=O)n(C)c1=O)c1ccc(N)cc1. The quantitative estimate of drug-likeness (QED) is 0.325. The van der Waals surface area contributed by atoms with Gasteiger partial charge < -0.3 is 5.73 Å². The molecule has 0 spiro atoms. The molecule has 1 heterocycles. The molecule has 0 unspecified atom stereocenters. The molecule has 0 fully saturated rings. The minimum Gasteiger partial charge on any atom is -0.399 e. The Morgan fingerprint density at radius 2 is 1.92 bits per heavy atom. The zero-order valence-electron chi connectivity index (χ0n) is 14.0. The second kappa shape index (κ2) is 7.79. The fourth-order valence-corrected chi connectivity index (χ4v) is 2.63. The number of hydrazone groups is 1. The summed E-state index contributed by atoms with van der Waals surface area (Å²) in [6.07, 6.45) is 0. The normalized spacial score (nSPS) is 11.4. The summed E-state index contributed by atoms with van der Waals surface area (Å²) < 4.78 is 1.99. The summed E-state index contributed by atoms with van der Waals surface area (Å²) >= 11 is 0.940. The molecule has 10 heteroatoms. The van der Waals surface area contributed by atoms with Crippen LogP contribution in [-0.4, -0.2) is 31.7 Å². The number of hydrogen-bond donors (Lipinski definition) is 2. The molecular formula is C15H18N6O3S. The lowest BCUT2D eigenvalue weighted by molar-refractivity contribution is -0.118. The summed E-state index contributed by atoms with van der Waals surface area (Å²) in [7, 11) is 2.79. The average Bonchev–Trinajstić information content (AvgIpc) is 2.60. The van der Waals surface area contributed by atoms with E-state index >= 15 is 0 Å². The highest BCUT2D eigenvalue weighted by Gasteiger charge is 2.11. The number of carbonyl (C=O) groups excluding carboxylic acids is 1. The third-order valence-electron chi connectivity index (χ3n) is 3.31. The van der Waals surface area contributed by atoms with Gasteiger partial charge in [-0.1, -0.05) is 23.9 Å². The van der Waals surface area contributed by atoms with Gasteiger partial charge in [-0.2, -0.15) is 10.2 Å². The molecule has 1 aromatic carbocycles. The van der Waals surface area contributed by atoms with Gasteiger partial charge in [-0.15, -0.1) is 0 Å². The van der Waals surface area contributed by atoms with E-state index in [-0.39, 0.29) is 10.8 Å². The van der Waals surface area contributed by atoms with Crippen molar-refractivity contribution in [3.05, 3.63) is 50.7 Å². The number of aromatic nitrogens is 3. The molecule has 0 atom stereocenters. The highest BCUT2D eigenvalue weighted by atomic mass is 32.2. The first-order valence-electron chi connectivity index (χ1n) is 7.25. The Balaban J connectivity index is 2.00. The van der Waals surface area contributed by atoms with E-state index in [4.69, 9.17) is 5.73 Å². The highest BCUT2D eigenvalue weighted by molar-refractivity contribution is 7.99. The first-order chi connectivity index (χ1) is 11.8. The van der Waals surface area contributed by atoms with Crippen molar-refractivity contribution in [1.82, 2.24) is 19.8 Å². The van der Waals surface area contributed by atoms with Crippen LogP contribution >= 0.6 is 11.8 Å². The van der Waals surface area contributed by atoms with E-state index in [1.165, 1.54) is 14.1 Å². The molecule has 2 aromatic rings. The van der Waals surface area contributed by atoms with Crippen LogP contribution in [0.15, 0.2) is 44.0 Å². The van der Waals surface area contributed by atoms with Crippen LogP contribution in [0.2, 0.25) is 0 Å². The number of nitrogen functional groups attached to an aromatic ring is 1. The molecule has 1 amide bonds. The zero-order valence-corrected chi connectivity index (χ0v) is 14.8. The zero-order chi connectivity index (χ0) is 18.6. The minimum absolute atomic E-state index is 0.0566. The van der Waals surface area contributed by atoms with Crippen LogP contribution in [0.25, 0.3) is 0 Å². The number of aryl methyl sites for hydroxylation is 1. The number of carbonyl (C=O) groups is 1. The van der Waals surface area contributed by atoms with Crippen molar-refractivity contribution in [2.24, 2.45) is 19.2 Å². The molecule has 25 heavy (non-hydrogen) atoms. The van der Waals surface area contributed by atoms with E-state index in [2.05, 4.69) is 15.6 Å². The third kappa shape index (κ3) is 4.57. The van der Waals surface area contributed by atoms with Crippen LogP contribution in [0.1, 0.15) is 12.5 Å². The van der Waals surface area contributed by atoms with E-state index in [0.717, 1.165) is 26.6 Å². The summed E-state index contributed by atoms with van der Waals surface area (Å²) in [6, 6.07) is 7.08. The van der Waals surface area contributed by atoms with Crippen LogP contribution in [0, 0.1) is 0 Å². The van der Waals surface area contributed by atoms with Crippen molar-refractivity contribution in [3.63, 3.8) is 0 Å². The Morgan fingerprint density at radius 3 is 2.56 bits per heavy atom. The molecule has 3 N–H and O–H groups in total. The Bertz CT molecular complexity index is 930. The van der Waals surface area contributed by atoms with Crippen LogP contribution in [0.4, 0.5) is 5.69 Å². The number of nitrogens with one attached hydrogen (secondary N) is 1. The standard InChI is InChI=1S/C15H18N6O3S/c1-9(10-4-6-11(16)7-5-10)17-18-12(22)8-25-13-14(23)20(2)15(24)21(3)19-13/h4-7H,8,16H2,1-3H3,(H,18,22)/b17-9-. The highest BCUT2D eigenvalue weighted by Crippen LogP contribution is 2.09. The van der Waals surface area contributed by atoms with Gasteiger partial charge in [0.1, 0.15) is 0 Å². The maximum Gasteiger partial charge on any atom is 0.346 e. The monoisotopic (exact) mass is 362 g/mol. The molecule has 0 saturated heterocycles. The van der Waals surface area contributed by atoms with E-state index in [9.17, 15) is 14.4 Å². The van der Waals surface area contributed by atoms with Crippen molar-refractivity contribution >= 4 is 29.1 Å². The van der Waals surface area contributed by atoms with Crippen molar-refractivity contribution in [2.45, 2.75) is 11.9 Å². The van der Waals surface area contributed by atoms with E-state index in [0.29, 0.717) is 11.4 Å². The molecule has 0 bridgehead atoms. The lowest BCUT2D eigenvalue weighted by Gasteiger charge is -2.05. The summed E-state index contributed by atoms with van der Waals surface area (Å²) in [5.41, 5.74) is 9.06. The predicted molar refractivity (Wildman–Crippen MR) is 96.7 cm³/mol. The molecule has 0 radical (unpaired) electrons. The molecule has 0 saturated carbocycles. The Labute approximate surface area is 147 Å². The number of benzene rings is 1. The Hall–Kier alpha value is -2.88. The lowest BCUT2D eigenvalue weighted by Crippen LogP contribution is -2.39. The predicted octanol–water partition coefficient (Wildman–Crippen LogP) is -0.306. The number of hydrogen-bond acceptors (Lipinski definition) is 7. The van der Waals surface area contributed by atoms with Gasteiger partial charge in [0.15, 0.2) is 5.03 Å². The molecule has 9 nitrogen and oxygen atoms in total. The van der Waals surface area contributed by atoms with Crippen molar-refractivity contribution in [2.75, 3.05) is 11.5 Å². The largest absolute Gasteiger partial charge is 0.399 e. The summed E-state index contributed by atoms with van der Waals surface area (Å²) in [6.45, 7) is 1.75. The molecule has 0 aliphatic heterocycles. The number of nitrogens with zero attached hydrogens (tertiary/aromatic N) is 4. The number of nitrogens with two attached hydrogens (primary N) is 1. The first kappa shape index (κ1) is 18.5. The first-order valence-corrected chi connectivity index (χ1v) is 8.24. The van der Waals surface area contributed by atoms with E-state index in [1.807, 2.05) is 0 Å². The van der Waals surface area contributed by atoms with Crippen molar-refractivity contribution in [1.29, 1.82) is 0 Å². The second-order valence-corrected chi connectivity index (χ2v) is 6.18. The summed E-state index contributed by atoms with van der Waals surface area (Å²) in [4.78, 5) is 35.4. The van der Waals surface area contributed by atoms with Crippen LogP contribution in [-0.2, 0) is 18.9 Å². The number of thioether (sulfide) groups is 1. The smallest absolute Gasteiger partial charge is 0.346 e. The Morgan fingerprint density at radius 1 is 1.28 bits per heavy atom. The third-order valence-corrected chi connectivity index (χ3v) is 4.25. The van der Waals surface area contributed by atoms with Crippen LogP contribution < -0.4 is 22.4 Å². The molecule has 0 aliphatic rings. The molecule has 132 valence electrons. The second-order valence-electron chi connectivity index (χ2n) is 5.22. The number of amides is 1. The fraction of sp³-hybridized carbons (Fsp3) is 0.267. The van der Waals surface area contributed by atoms with Gasteiger partial charge in [-0.3, -0.25) is 14.2 Å². The van der Waals surface area contributed by atoms with E-state index < -0.39 is 17.2 Å². The Kier molecular flexibility index (Phi) is 5.75. The maximum atomic E-state index is 11.9. The van der Waals surface area contributed by atoms with Crippen molar-refractivity contribution < 1.29 is 4.79 Å². The molecule has 0 aliphatic carbocycles. The summed E-state index contributed by atoms with van der Waals surface area (Å²) in [5.74, 6) is -0.448. The topological polar surface area (TPSA) is 124 Å². The molecule has 2 rings (SSSR count). The van der Waals surface area contributed by atoms with Gasteiger partial charge in [-0.25, -0.2) is 14.9 Å². The number of rotatable bonds is 5. The van der Waals surface area contributed by atoms with Gasteiger partial charge in [0.25, 0.3) is 5.56 Å². The van der Waals surface area contributed by atoms with Crippen LogP contribution in [0.3, 0.4) is 0 Å². The maximum absolute atomic E-state index is 11.9.